The molecule has 1 amide bonds. The first-order valence-electron chi connectivity index (χ1n) is 9.19. The predicted octanol–water partition coefficient (Wildman–Crippen LogP) is 2.13. The van der Waals surface area contributed by atoms with E-state index in [2.05, 4.69) is 5.32 Å². The standard InChI is InChI=1S/C17H30N2O3S/c1-23(21,22)19-10-4-7-15(12-19)17(20)18-16-9-8-13-5-2-3-6-14(13)11-16/h13-16H,2-12H2,1H3,(H,18,20)/t13-,14-,15+,16-/m1/s1. The highest BCUT2D eigenvalue weighted by Gasteiger charge is 2.35. The van der Waals surface area contributed by atoms with Crippen LogP contribution in [0.4, 0.5) is 0 Å². The molecule has 3 rings (SSSR count). The molecule has 0 aromatic heterocycles. The highest BCUT2D eigenvalue weighted by Crippen LogP contribution is 2.40. The Morgan fingerprint density at radius 1 is 1.00 bits per heavy atom. The molecule has 0 bridgehead atoms. The molecule has 0 spiro atoms. The van der Waals surface area contributed by atoms with Gasteiger partial charge in [-0.15, -0.1) is 0 Å². The summed E-state index contributed by atoms with van der Waals surface area (Å²) in [5.41, 5.74) is 0. The molecular weight excluding hydrogens is 312 g/mol. The summed E-state index contributed by atoms with van der Waals surface area (Å²) in [6.07, 6.45) is 11.7. The molecule has 23 heavy (non-hydrogen) atoms. The average Bonchev–Trinajstić information content (AvgIpc) is 2.54. The van der Waals surface area contributed by atoms with Crippen LogP contribution < -0.4 is 5.32 Å². The van der Waals surface area contributed by atoms with Crippen molar-refractivity contribution in [2.24, 2.45) is 17.8 Å². The molecule has 3 fully saturated rings. The van der Waals surface area contributed by atoms with Crippen molar-refractivity contribution < 1.29 is 13.2 Å². The van der Waals surface area contributed by atoms with Crippen molar-refractivity contribution in [3.05, 3.63) is 0 Å². The molecule has 1 saturated heterocycles. The predicted molar refractivity (Wildman–Crippen MR) is 90.4 cm³/mol. The van der Waals surface area contributed by atoms with E-state index in [9.17, 15) is 13.2 Å². The van der Waals surface area contributed by atoms with E-state index in [0.29, 0.717) is 19.1 Å². The van der Waals surface area contributed by atoms with Crippen LogP contribution in [0.25, 0.3) is 0 Å². The third-order valence-corrected chi connectivity index (χ3v) is 7.38. The van der Waals surface area contributed by atoms with Crippen LogP contribution in [0.5, 0.6) is 0 Å². The minimum atomic E-state index is -3.19. The van der Waals surface area contributed by atoms with Gasteiger partial charge >= 0.3 is 0 Å². The summed E-state index contributed by atoms with van der Waals surface area (Å²) in [6.45, 7) is 0.902. The Balaban J connectivity index is 1.52. The number of carbonyl (C=O) groups excluding carboxylic acids is 1. The minimum Gasteiger partial charge on any atom is -0.353 e. The van der Waals surface area contributed by atoms with Crippen LogP contribution in [0.2, 0.25) is 0 Å². The number of nitrogens with one attached hydrogen (secondary N) is 1. The van der Waals surface area contributed by atoms with Gasteiger partial charge in [-0.25, -0.2) is 12.7 Å². The molecule has 0 aromatic rings. The first-order valence-corrected chi connectivity index (χ1v) is 11.0. The van der Waals surface area contributed by atoms with E-state index in [1.165, 1.54) is 42.7 Å². The van der Waals surface area contributed by atoms with Crippen LogP contribution in [0.1, 0.15) is 57.8 Å². The fraction of sp³-hybridized carbons (Fsp3) is 0.941. The maximum absolute atomic E-state index is 12.6. The molecular formula is C17H30N2O3S. The van der Waals surface area contributed by atoms with Gasteiger partial charge in [0.25, 0.3) is 0 Å². The van der Waals surface area contributed by atoms with Crippen molar-refractivity contribution in [3.63, 3.8) is 0 Å². The van der Waals surface area contributed by atoms with Crippen molar-refractivity contribution in [2.45, 2.75) is 63.8 Å². The second-order valence-corrected chi connectivity index (χ2v) is 9.77. The van der Waals surface area contributed by atoms with Crippen LogP contribution in [0.15, 0.2) is 0 Å². The van der Waals surface area contributed by atoms with E-state index < -0.39 is 10.0 Å². The molecule has 1 N–H and O–H groups in total. The van der Waals surface area contributed by atoms with Gasteiger partial charge in [-0.3, -0.25) is 4.79 Å². The lowest BCUT2D eigenvalue weighted by atomic mass is 9.69. The Morgan fingerprint density at radius 2 is 1.74 bits per heavy atom. The number of piperidine rings is 1. The van der Waals surface area contributed by atoms with Crippen LogP contribution in [-0.4, -0.2) is 44.0 Å². The fourth-order valence-electron chi connectivity index (χ4n) is 4.78. The van der Waals surface area contributed by atoms with Crippen LogP contribution in [-0.2, 0) is 14.8 Å². The Bertz CT molecular complexity index is 534. The number of hydrogen-bond donors (Lipinski definition) is 1. The second kappa shape index (κ2) is 7.09. The van der Waals surface area contributed by atoms with E-state index >= 15 is 0 Å². The Morgan fingerprint density at radius 3 is 2.48 bits per heavy atom. The van der Waals surface area contributed by atoms with Gasteiger partial charge in [-0.1, -0.05) is 25.7 Å². The highest BCUT2D eigenvalue weighted by molar-refractivity contribution is 7.88. The quantitative estimate of drug-likeness (QED) is 0.854. The lowest BCUT2D eigenvalue weighted by molar-refractivity contribution is -0.127. The molecule has 0 radical (unpaired) electrons. The Kier molecular flexibility index (Phi) is 5.31. The summed E-state index contributed by atoms with van der Waals surface area (Å²) in [5.74, 6) is 1.56. The second-order valence-electron chi connectivity index (χ2n) is 7.78. The van der Waals surface area contributed by atoms with Gasteiger partial charge in [-0.05, 0) is 43.9 Å². The molecule has 5 nitrogen and oxygen atoms in total. The monoisotopic (exact) mass is 342 g/mol. The molecule has 0 aromatic carbocycles. The summed E-state index contributed by atoms with van der Waals surface area (Å²) in [6, 6.07) is 0.301. The van der Waals surface area contributed by atoms with Gasteiger partial charge in [0.05, 0.1) is 12.2 Å². The van der Waals surface area contributed by atoms with E-state index in [1.54, 1.807) is 0 Å². The van der Waals surface area contributed by atoms with Gasteiger partial charge in [0.15, 0.2) is 0 Å². The van der Waals surface area contributed by atoms with Gasteiger partial charge in [-0.2, -0.15) is 0 Å². The van der Waals surface area contributed by atoms with E-state index in [0.717, 1.165) is 37.5 Å². The van der Waals surface area contributed by atoms with E-state index in [-0.39, 0.29) is 11.8 Å². The normalized spacial score (nSPS) is 36.2. The number of carbonyl (C=O) groups is 1. The van der Waals surface area contributed by atoms with Crippen molar-refractivity contribution >= 4 is 15.9 Å². The lowest BCUT2D eigenvalue weighted by Crippen LogP contribution is -2.48. The smallest absolute Gasteiger partial charge is 0.224 e. The first-order chi connectivity index (χ1) is 10.9. The topological polar surface area (TPSA) is 66.5 Å². The molecule has 6 heteroatoms. The maximum Gasteiger partial charge on any atom is 0.224 e. The number of nitrogens with zero attached hydrogens (tertiary/aromatic N) is 1. The fourth-order valence-corrected chi connectivity index (χ4v) is 5.69. The average molecular weight is 343 g/mol. The minimum absolute atomic E-state index is 0.0672. The lowest BCUT2D eigenvalue weighted by Gasteiger charge is -2.40. The third kappa shape index (κ3) is 4.27. The van der Waals surface area contributed by atoms with E-state index in [4.69, 9.17) is 0 Å². The molecule has 0 unspecified atom stereocenters. The summed E-state index contributed by atoms with van der Waals surface area (Å²) in [7, 11) is -3.19. The summed E-state index contributed by atoms with van der Waals surface area (Å²) < 4.78 is 24.8. The molecule has 2 aliphatic carbocycles. The van der Waals surface area contributed by atoms with Crippen molar-refractivity contribution in [2.75, 3.05) is 19.3 Å². The number of fused-ring (bicyclic) bond motifs is 1. The molecule has 2 saturated carbocycles. The van der Waals surface area contributed by atoms with Crippen molar-refractivity contribution in [1.29, 1.82) is 0 Å². The summed E-state index contributed by atoms with van der Waals surface area (Å²) in [4.78, 5) is 12.6. The summed E-state index contributed by atoms with van der Waals surface area (Å²) in [5, 5.41) is 3.23. The van der Waals surface area contributed by atoms with Crippen molar-refractivity contribution in [3.8, 4) is 0 Å². The van der Waals surface area contributed by atoms with Gasteiger partial charge in [0.1, 0.15) is 0 Å². The molecule has 1 aliphatic heterocycles. The zero-order valence-electron chi connectivity index (χ0n) is 14.2. The highest BCUT2D eigenvalue weighted by atomic mass is 32.2. The number of amides is 1. The van der Waals surface area contributed by atoms with Gasteiger partial charge in [0.2, 0.25) is 15.9 Å². The van der Waals surface area contributed by atoms with Crippen LogP contribution in [0.3, 0.4) is 0 Å². The number of rotatable bonds is 3. The number of sulfonamides is 1. The Hall–Kier alpha value is -0.620. The maximum atomic E-state index is 12.6. The van der Waals surface area contributed by atoms with Gasteiger partial charge < -0.3 is 5.32 Å². The van der Waals surface area contributed by atoms with Crippen LogP contribution in [0, 0.1) is 17.8 Å². The molecule has 1 heterocycles. The zero-order chi connectivity index (χ0) is 16.4. The molecule has 4 atom stereocenters. The third-order valence-electron chi connectivity index (χ3n) is 6.11. The van der Waals surface area contributed by atoms with Crippen LogP contribution >= 0.6 is 0 Å². The molecule has 3 aliphatic rings. The Labute approximate surface area is 140 Å². The first kappa shape index (κ1) is 17.2. The largest absolute Gasteiger partial charge is 0.353 e. The number of hydrogen-bond acceptors (Lipinski definition) is 3. The zero-order valence-corrected chi connectivity index (χ0v) is 15.0. The van der Waals surface area contributed by atoms with Crippen molar-refractivity contribution in [1.82, 2.24) is 9.62 Å². The summed E-state index contributed by atoms with van der Waals surface area (Å²) >= 11 is 0. The SMILES string of the molecule is CS(=O)(=O)N1CCC[C@H](C(=O)N[C@@H]2CC[C@H]3CCCC[C@@H]3C2)C1. The molecule has 132 valence electrons. The van der Waals surface area contributed by atoms with Gasteiger partial charge in [0, 0.05) is 19.1 Å². The van der Waals surface area contributed by atoms with E-state index in [1.807, 2.05) is 0 Å².